The van der Waals surface area contributed by atoms with E-state index in [-0.39, 0.29) is 12.3 Å². The second kappa shape index (κ2) is 9.29. The van der Waals surface area contributed by atoms with Gasteiger partial charge in [-0.15, -0.1) is 11.8 Å². The van der Waals surface area contributed by atoms with Gasteiger partial charge in [-0.3, -0.25) is 4.79 Å². The predicted octanol–water partition coefficient (Wildman–Crippen LogP) is 6.10. The number of ether oxygens (including phenoxy) is 1. The van der Waals surface area contributed by atoms with Gasteiger partial charge in [0, 0.05) is 28.8 Å². The standard InChI is InChI=1S/C27H26N2O3S/c1-15-5-16(2)22(27-17(3)6-19(11-28)7-18(27)4)8-20(15)13-32-25-10-24-23(12-29-25)21(14-33-24)9-26(30)31/h5-8,10,12,21H,9,13-14H2,1-4H3,(H,30,31). The molecule has 0 spiro atoms. The third kappa shape index (κ3) is 4.74. The number of aliphatic carboxylic acids is 1. The SMILES string of the molecule is Cc1cc(C)c(-c2c(C)cc(C#N)cc2C)cc1COc1cc2c(cn1)C(CC(=O)O)CS2. The lowest BCUT2D eigenvalue weighted by molar-refractivity contribution is -0.137. The summed E-state index contributed by atoms with van der Waals surface area (Å²) in [4.78, 5) is 16.6. The van der Waals surface area contributed by atoms with Gasteiger partial charge in [0.15, 0.2) is 0 Å². The van der Waals surface area contributed by atoms with Crippen LogP contribution in [0.3, 0.4) is 0 Å². The number of nitrogens with zero attached hydrogens (tertiary/aromatic N) is 2. The molecular weight excluding hydrogens is 432 g/mol. The molecule has 0 amide bonds. The van der Waals surface area contributed by atoms with Crippen LogP contribution in [0.4, 0.5) is 0 Å². The van der Waals surface area contributed by atoms with E-state index in [1.165, 1.54) is 5.56 Å². The number of hydrogen-bond donors (Lipinski definition) is 1. The second-order valence-electron chi connectivity index (χ2n) is 8.65. The van der Waals surface area contributed by atoms with E-state index in [0.29, 0.717) is 18.1 Å². The molecule has 1 aliphatic rings. The molecule has 0 radical (unpaired) electrons. The molecule has 0 aliphatic carbocycles. The Balaban J connectivity index is 1.58. The Morgan fingerprint density at radius 2 is 1.85 bits per heavy atom. The van der Waals surface area contributed by atoms with Crippen molar-refractivity contribution in [1.82, 2.24) is 4.98 Å². The maximum atomic E-state index is 11.1. The normalized spacial score (nSPS) is 14.6. The van der Waals surface area contributed by atoms with Crippen molar-refractivity contribution in [3.63, 3.8) is 0 Å². The highest BCUT2D eigenvalue weighted by Gasteiger charge is 2.26. The molecule has 0 saturated heterocycles. The molecule has 2 aromatic carbocycles. The van der Waals surface area contributed by atoms with Gasteiger partial charge in [-0.05, 0) is 90.4 Å². The summed E-state index contributed by atoms with van der Waals surface area (Å²) in [7, 11) is 0. The molecule has 6 heteroatoms. The van der Waals surface area contributed by atoms with E-state index in [9.17, 15) is 10.1 Å². The highest BCUT2D eigenvalue weighted by atomic mass is 32.2. The van der Waals surface area contributed by atoms with Crippen LogP contribution in [0.25, 0.3) is 11.1 Å². The van der Waals surface area contributed by atoms with Crippen LogP contribution >= 0.6 is 11.8 Å². The maximum Gasteiger partial charge on any atom is 0.303 e. The van der Waals surface area contributed by atoms with Crippen molar-refractivity contribution in [2.45, 2.75) is 51.5 Å². The maximum absolute atomic E-state index is 11.1. The van der Waals surface area contributed by atoms with Crippen molar-refractivity contribution >= 4 is 17.7 Å². The van der Waals surface area contributed by atoms with Crippen molar-refractivity contribution in [1.29, 1.82) is 5.26 Å². The average Bonchev–Trinajstić information content (AvgIpc) is 3.15. The molecule has 5 nitrogen and oxygen atoms in total. The van der Waals surface area contributed by atoms with Crippen LogP contribution < -0.4 is 4.74 Å². The van der Waals surface area contributed by atoms with E-state index in [1.54, 1.807) is 18.0 Å². The molecule has 1 aromatic heterocycles. The van der Waals surface area contributed by atoms with Crippen LogP contribution in [-0.4, -0.2) is 21.8 Å². The minimum atomic E-state index is -0.785. The molecular formula is C27H26N2O3S. The average molecular weight is 459 g/mol. The number of aromatic nitrogens is 1. The molecule has 1 aliphatic heterocycles. The molecule has 3 aromatic rings. The Bertz CT molecular complexity index is 1270. The van der Waals surface area contributed by atoms with Gasteiger partial charge in [0.05, 0.1) is 18.1 Å². The fourth-order valence-electron chi connectivity index (χ4n) is 4.53. The number of carbonyl (C=O) groups is 1. The van der Waals surface area contributed by atoms with Gasteiger partial charge in [-0.25, -0.2) is 4.98 Å². The highest BCUT2D eigenvalue weighted by Crippen LogP contribution is 2.42. The second-order valence-corrected chi connectivity index (χ2v) is 9.71. The first-order valence-electron chi connectivity index (χ1n) is 10.9. The number of aryl methyl sites for hydroxylation is 4. The lowest BCUT2D eigenvalue weighted by atomic mass is 9.89. The van der Waals surface area contributed by atoms with Crippen molar-refractivity contribution in [2.75, 3.05) is 5.75 Å². The van der Waals surface area contributed by atoms with Gasteiger partial charge in [0.1, 0.15) is 6.61 Å². The number of hydrogen-bond acceptors (Lipinski definition) is 5. The molecule has 2 heterocycles. The molecule has 1 atom stereocenters. The zero-order valence-corrected chi connectivity index (χ0v) is 20.0. The third-order valence-corrected chi connectivity index (χ3v) is 7.39. The van der Waals surface area contributed by atoms with Crippen molar-refractivity contribution < 1.29 is 14.6 Å². The first-order valence-corrected chi connectivity index (χ1v) is 11.8. The largest absolute Gasteiger partial charge is 0.481 e. The Kier molecular flexibility index (Phi) is 6.44. The molecule has 1 N–H and O–H groups in total. The highest BCUT2D eigenvalue weighted by molar-refractivity contribution is 7.99. The molecule has 0 bridgehead atoms. The van der Waals surface area contributed by atoms with E-state index in [1.807, 2.05) is 32.0 Å². The number of thioether (sulfide) groups is 1. The van der Waals surface area contributed by atoms with E-state index in [4.69, 9.17) is 9.84 Å². The van der Waals surface area contributed by atoms with Gasteiger partial charge in [0.25, 0.3) is 0 Å². The lowest BCUT2D eigenvalue weighted by Crippen LogP contribution is -2.06. The Morgan fingerprint density at radius 1 is 1.12 bits per heavy atom. The number of nitriles is 1. The zero-order chi connectivity index (χ0) is 23.7. The molecule has 168 valence electrons. The smallest absolute Gasteiger partial charge is 0.303 e. The van der Waals surface area contributed by atoms with E-state index >= 15 is 0 Å². The van der Waals surface area contributed by atoms with E-state index in [0.717, 1.165) is 49.6 Å². The fraction of sp³-hybridized carbons (Fsp3) is 0.296. The number of pyridine rings is 1. The van der Waals surface area contributed by atoms with Crippen LogP contribution in [-0.2, 0) is 11.4 Å². The number of carboxylic acids is 1. The van der Waals surface area contributed by atoms with Gasteiger partial charge >= 0.3 is 5.97 Å². The van der Waals surface area contributed by atoms with Crippen LogP contribution in [0.1, 0.15) is 51.3 Å². The van der Waals surface area contributed by atoms with Gasteiger partial charge in [-0.2, -0.15) is 5.26 Å². The lowest BCUT2D eigenvalue weighted by Gasteiger charge is -2.17. The predicted molar refractivity (Wildman–Crippen MR) is 130 cm³/mol. The molecule has 4 rings (SSSR count). The monoisotopic (exact) mass is 458 g/mol. The topological polar surface area (TPSA) is 83.2 Å². The first-order chi connectivity index (χ1) is 15.8. The summed E-state index contributed by atoms with van der Waals surface area (Å²) >= 11 is 1.66. The van der Waals surface area contributed by atoms with Crippen molar-refractivity contribution in [2.24, 2.45) is 0 Å². The number of benzene rings is 2. The van der Waals surface area contributed by atoms with Crippen LogP contribution in [0.15, 0.2) is 41.4 Å². The minimum Gasteiger partial charge on any atom is -0.481 e. The Hall–Kier alpha value is -3.30. The van der Waals surface area contributed by atoms with Crippen molar-refractivity contribution in [3.05, 3.63) is 75.5 Å². The summed E-state index contributed by atoms with van der Waals surface area (Å²) in [5.41, 5.74) is 9.55. The van der Waals surface area contributed by atoms with Crippen molar-refractivity contribution in [3.8, 4) is 23.1 Å². The summed E-state index contributed by atoms with van der Waals surface area (Å²) in [5.74, 6) is 0.526. The summed E-state index contributed by atoms with van der Waals surface area (Å²) < 4.78 is 6.06. The first kappa shape index (κ1) is 22.9. The van der Waals surface area contributed by atoms with Crippen LogP contribution in [0.5, 0.6) is 5.88 Å². The van der Waals surface area contributed by atoms with E-state index < -0.39 is 5.97 Å². The molecule has 0 saturated carbocycles. The quantitative estimate of drug-likeness (QED) is 0.481. The molecule has 1 unspecified atom stereocenters. The van der Waals surface area contributed by atoms with Gasteiger partial charge in [-0.1, -0.05) is 6.07 Å². The Morgan fingerprint density at radius 3 is 2.52 bits per heavy atom. The van der Waals surface area contributed by atoms with Gasteiger partial charge < -0.3 is 9.84 Å². The Labute approximate surface area is 198 Å². The summed E-state index contributed by atoms with van der Waals surface area (Å²) in [5, 5.41) is 18.4. The number of rotatable bonds is 6. The number of fused-ring (bicyclic) bond motifs is 1. The summed E-state index contributed by atoms with van der Waals surface area (Å²) in [6.07, 6.45) is 1.89. The third-order valence-electron chi connectivity index (χ3n) is 6.16. The molecule has 33 heavy (non-hydrogen) atoms. The van der Waals surface area contributed by atoms with Crippen LogP contribution in [0.2, 0.25) is 0 Å². The fourth-order valence-corrected chi connectivity index (χ4v) is 5.77. The summed E-state index contributed by atoms with van der Waals surface area (Å²) in [6, 6.07) is 12.4. The van der Waals surface area contributed by atoms with Crippen LogP contribution in [0, 0.1) is 39.0 Å². The van der Waals surface area contributed by atoms with Gasteiger partial charge in [0.2, 0.25) is 5.88 Å². The number of carboxylic acid groups (broad SMARTS) is 1. The molecule has 0 fully saturated rings. The summed E-state index contributed by atoms with van der Waals surface area (Å²) in [6.45, 7) is 8.67. The van der Waals surface area contributed by atoms with E-state index in [2.05, 4.69) is 37.0 Å². The zero-order valence-electron chi connectivity index (χ0n) is 19.2. The minimum absolute atomic E-state index is 0.00449.